The van der Waals surface area contributed by atoms with Gasteiger partial charge in [0.25, 0.3) is 5.91 Å². The molecule has 1 saturated carbocycles. The Labute approximate surface area is 192 Å². The van der Waals surface area contributed by atoms with Crippen LogP contribution in [0.3, 0.4) is 0 Å². The first-order chi connectivity index (χ1) is 15.4. The molecule has 1 aromatic carbocycles. The van der Waals surface area contributed by atoms with Crippen molar-refractivity contribution in [2.45, 2.75) is 68.2 Å². The lowest BCUT2D eigenvalue weighted by Gasteiger charge is -2.61. The van der Waals surface area contributed by atoms with Crippen molar-refractivity contribution in [2.75, 3.05) is 21.2 Å². The van der Waals surface area contributed by atoms with Gasteiger partial charge in [-0.3, -0.25) is 14.4 Å². The maximum absolute atomic E-state index is 12.0. The van der Waals surface area contributed by atoms with E-state index in [1.807, 2.05) is 21.0 Å². The molecule has 5 atom stereocenters. The molecule has 0 aromatic heterocycles. The number of nitrogens with zero attached hydrogens (tertiary/aromatic N) is 1. The number of carbonyl (C=O) groups excluding carboxylic acids is 1. The van der Waals surface area contributed by atoms with Crippen LogP contribution in [0.1, 0.15) is 54.1 Å². The largest absolute Gasteiger partial charge is 0.507 e. The number of hydrogen-bond donors (Lipinski definition) is 5. The lowest BCUT2D eigenvalue weighted by molar-refractivity contribution is -0.154. The van der Waals surface area contributed by atoms with Crippen molar-refractivity contribution in [3.05, 3.63) is 28.8 Å². The molecule has 10 heteroatoms. The second kappa shape index (κ2) is 8.92. The maximum atomic E-state index is 12.0. The Balaban J connectivity index is 2.13. The van der Waals surface area contributed by atoms with Crippen LogP contribution in [0.15, 0.2) is 12.1 Å². The van der Waals surface area contributed by atoms with Crippen LogP contribution in [0.5, 0.6) is 5.75 Å². The third-order valence-electron chi connectivity index (χ3n) is 7.59. The van der Waals surface area contributed by atoms with E-state index in [2.05, 4.69) is 10.2 Å². The Morgan fingerprint density at radius 1 is 1.30 bits per heavy atom. The molecule has 2 unspecified atom stereocenters. The number of phenols is 1. The number of likely N-dealkylation sites (N-methyl/N-ethyl adjacent to an activating group) is 1. The lowest BCUT2D eigenvalue weighted by atomic mass is 9.52. The molecule has 3 rings (SSSR count). The van der Waals surface area contributed by atoms with Gasteiger partial charge in [-0.1, -0.05) is 13.0 Å². The predicted molar refractivity (Wildman–Crippen MR) is 119 cm³/mol. The molecule has 2 aliphatic rings. The van der Waals surface area contributed by atoms with E-state index >= 15 is 0 Å². The predicted octanol–water partition coefficient (Wildman–Crippen LogP) is 0.690. The molecule has 182 valence electrons. The van der Waals surface area contributed by atoms with Crippen molar-refractivity contribution in [1.29, 1.82) is 0 Å². The van der Waals surface area contributed by atoms with Crippen molar-refractivity contribution in [3.8, 4) is 5.75 Å². The lowest BCUT2D eigenvalue weighted by Crippen LogP contribution is -2.69. The number of aliphatic carboxylic acids is 2. The smallest absolute Gasteiger partial charge is 0.321 e. The van der Waals surface area contributed by atoms with Gasteiger partial charge < -0.3 is 36.0 Å². The highest BCUT2D eigenvalue weighted by Crippen LogP contribution is 2.57. The zero-order chi connectivity index (χ0) is 24.7. The summed E-state index contributed by atoms with van der Waals surface area (Å²) >= 11 is 0. The third-order valence-corrected chi connectivity index (χ3v) is 7.59. The molecular formula is C23H33N3O7. The SMILES string of the molecule is CO[C@@]12CC[C@@H](NC(CC(=O)O)C(=O)O)CC1(C)c1c(ccc(C(N)=O)c1O)C[C@H]2N(C)C. The minimum atomic E-state index is -1.25. The van der Waals surface area contributed by atoms with Crippen LogP contribution < -0.4 is 11.1 Å². The Morgan fingerprint density at radius 2 is 1.97 bits per heavy atom. The van der Waals surface area contributed by atoms with Crippen LogP contribution in [0, 0.1) is 0 Å². The van der Waals surface area contributed by atoms with E-state index in [0.29, 0.717) is 31.2 Å². The summed E-state index contributed by atoms with van der Waals surface area (Å²) in [5.41, 5.74) is 5.42. The number of hydrogen-bond acceptors (Lipinski definition) is 7. The van der Waals surface area contributed by atoms with Gasteiger partial charge in [0.2, 0.25) is 0 Å². The molecule has 0 spiro atoms. The highest BCUT2D eigenvalue weighted by molar-refractivity contribution is 5.96. The number of rotatable bonds is 8. The monoisotopic (exact) mass is 463 g/mol. The van der Waals surface area contributed by atoms with Crippen molar-refractivity contribution < 1.29 is 34.4 Å². The molecule has 10 nitrogen and oxygen atoms in total. The molecule has 0 bridgehead atoms. The second-order valence-corrected chi connectivity index (χ2v) is 9.56. The number of nitrogens with one attached hydrogen (secondary N) is 1. The molecule has 1 aromatic rings. The number of primary amides is 1. The van der Waals surface area contributed by atoms with Crippen molar-refractivity contribution in [3.63, 3.8) is 0 Å². The van der Waals surface area contributed by atoms with E-state index in [1.165, 1.54) is 6.07 Å². The van der Waals surface area contributed by atoms with Crippen molar-refractivity contribution >= 4 is 17.8 Å². The summed E-state index contributed by atoms with van der Waals surface area (Å²) in [6, 6.07) is 1.69. The molecule has 1 amide bonds. The molecule has 0 radical (unpaired) electrons. The molecule has 0 saturated heterocycles. The standard InChI is InChI=1S/C23H33N3O7/c1-22-11-13(25-15(21(31)32)10-17(27)28)7-8-23(22,33-4)16(26(2)3)9-12-5-6-14(20(24)30)19(29)18(12)22/h5-6,13,15-16,25,29H,7-11H2,1-4H3,(H2,24,30)(H,27,28)(H,31,32)/t13-,15?,16-,22?,23-/m1/s1. The van der Waals surface area contributed by atoms with Crippen molar-refractivity contribution in [2.24, 2.45) is 5.73 Å². The highest BCUT2D eigenvalue weighted by Gasteiger charge is 2.62. The van der Waals surface area contributed by atoms with Gasteiger partial charge in [0, 0.05) is 30.2 Å². The molecule has 6 N–H and O–H groups in total. The molecule has 2 aliphatic carbocycles. The average molecular weight is 464 g/mol. The van der Waals surface area contributed by atoms with Crippen LogP contribution in [-0.2, 0) is 26.2 Å². The number of methoxy groups -OCH3 is 1. The summed E-state index contributed by atoms with van der Waals surface area (Å²) in [6.45, 7) is 1.95. The first kappa shape index (κ1) is 24.9. The van der Waals surface area contributed by atoms with Crippen LogP contribution >= 0.6 is 0 Å². The van der Waals surface area contributed by atoms with Crippen LogP contribution in [0.25, 0.3) is 0 Å². The number of carbonyl (C=O) groups is 3. The topological polar surface area (TPSA) is 162 Å². The number of nitrogens with two attached hydrogens (primary N) is 1. The van der Waals surface area contributed by atoms with Gasteiger partial charge in [0.05, 0.1) is 17.6 Å². The number of aromatic hydroxyl groups is 1. The fourth-order valence-corrected chi connectivity index (χ4v) is 6.15. The van der Waals surface area contributed by atoms with E-state index in [9.17, 15) is 24.6 Å². The first-order valence-electron chi connectivity index (χ1n) is 10.9. The van der Waals surface area contributed by atoms with E-state index < -0.39 is 41.3 Å². The zero-order valence-corrected chi connectivity index (χ0v) is 19.4. The van der Waals surface area contributed by atoms with Gasteiger partial charge in [0.1, 0.15) is 11.8 Å². The van der Waals surface area contributed by atoms with Gasteiger partial charge >= 0.3 is 11.9 Å². The van der Waals surface area contributed by atoms with Gasteiger partial charge in [-0.2, -0.15) is 0 Å². The quantitative estimate of drug-likeness (QED) is 0.373. The van der Waals surface area contributed by atoms with Gasteiger partial charge in [-0.25, -0.2) is 0 Å². The maximum Gasteiger partial charge on any atom is 0.321 e. The number of amides is 1. The summed E-state index contributed by atoms with van der Waals surface area (Å²) in [5.74, 6) is -3.36. The molecular weight excluding hydrogens is 430 g/mol. The number of fused-ring (bicyclic) bond motifs is 3. The second-order valence-electron chi connectivity index (χ2n) is 9.56. The van der Waals surface area contributed by atoms with Gasteiger partial charge in [-0.05, 0) is 51.4 Å². The Morgan fingerprint density at radius 3 is 2.48 bits per heavy atom. The Kier molecular flexibility index (Phi) is 6.74. The third kappa shape index (κ3) is 4.07. The summed E-state index contributed by atoms with van der Waals surface area (Å²) in [6.07, 6.45) is 1.51. The molecule has 1 fully saturated rings. The number of benzene rings is 1. The summed E-state index contributed by atoms with van der Waals surface area (Å²) in [7, 11) is 5.56. The molecule has 0 aliphatic heterocycles. The Bertz CT molecular complexity index is 966. The van der Waals surface area contributed by atoms with E-state index in [-0.39, 0.29) is 23.4 Å². The minimum Gasteiger partial charge on any atom is -0.507 e. The first-order valence-corrected chi connectivity index (χ1v) is 10.9. The van der Waals surface area contributed by atoms with Crippen molar-refractivity contribution in [1.82, 2.24) is 10.2 Å². The van der Waals surface area contributed by atoms with E-state index in [0.717, 1.165) is 5.56 Å². The number of carboxylic acids is 2. The normalized spacial score (nSPS) is 29.7. The number of ether oxygens (including phenoxy) is 1. The fraction of sp³-hybridized carbons (Fsp3) is 0.609. The van der Waals surface area contributed by atoms with E-state index in [1.54, 1.807) is 13.2 Å². The van der Waals surface area contributed by atoms with Crippen LogP contribution in [-0.4, -0.2) is 83.0 Å². The number of carboxylic acid groups (broad SMARTS) is 2. The van der Waals surface area contributed by atoms with Crippen LogP contribution in [0.4, 0.5) is 0 Å². The summed E-state index contributed by atoms with van der Waals surface area (Å²) in [5, 5.41) is 32.8. The minimum absolute atomic E-state index is 0.0210. The molecule has 0 heterocycles. The van der Waals surface area contributed by atoms with Crippen LogP contribution in [0.2, 0.25) is 0 Å². The average Bonchev–Trinajstić information content (AvgIpc) is 2.71. The summed E-state index contributed by atoms with van der Waals surface area (Å²) < 4.78 is 6.23. The van der Waals surface area contributed by atoms with E-state index in [4.69, 9.17) is 15.6 Å². The highest BCUT2D eigenvalue weighted by atomic mass is 16.5. The fourth-order valence-electron chi connectivity index (χ4n) is 6.15. The zero-order valence-electron chi connectivity index (χ0n) is 19.4. The molecule has 33 heavy (non-hydrogen) atoms. The van der Waals surface area contributed by atoms with Gasteiger partial charge in [0.15, 0.2) is 0 Å². The van der Waals surface area contributed by atoms with Gasteiger partial charge in [-0.15, -0.1) is 0 Å². The Hall–Kier alpha value is -2.69. The summed E-state index contributed by atoms with van der Waals surface area (Å²) in [4.78, 5) is 36.9.